The van der Waals surface area contributed by atoms with Gasteiger partial charge in [0.1, 0.15) is 0 Å². The lowest BCUT2D eigenvalue weighted by atomic mass is 9.68. The van der Waals surface area contributed by atoms with Crippen LogP contribution < -0.4 is 0 Å². The summed E-state index contributed by atoms with van der Waals surface area (Å²) in [4.78, 5) is 0. The summed E-state index contributed by atoms with van der Waals surface area (Å²) in [6, 6.07) is 157. The topological polar surface area (TPSA) is 0 Å². The van der Waals surface area contributed by atoms with Crippen molar-refractivity contribution in [2.75, 3.05) is 0 Å². The fourth-order valence-electron chi connectivity index (χ4n) is 23.7. The summed E-state index contributed by atoms with van der Waals surface area (Å²) in [7, 11) is 0. The third kappa shape index (κ3) is 11.5. The van der Waals surface area contributed by atoms with Crippen molar-refractivity contribution in [3.05, 3.63) is 525 Å². The molecule has 0 unspecified atom stereocenters. The van der Waals surface area contributed by atoms with Gasteiger partial charge in [-0.05, 0) is 205 Å². The molecule has 3 spiro atoms. The van der Waals surface area contributed by atoms with E-state index in [9.17, 15) is 0 Å². The Labute approximate surface area is 709 Å². The molecule has 578 valence electrons. The first-order chi connectivity index (χ1) is 59.2. The van der Waals surface area contributed by atoms with Gasteiger partial charge in [-0.15, -0.1) is 0 Å². The highest BCUT2D eigenvalue weighted by atomic mass is 14.5. The molecule has 0 radical (unpaired) electrons. The minimum Gasteiger partial charge on any atom is -0.0622 e. The Morgan fingerprint density at radius 2 is 0.308 bits per heavy atom. The van der Waals surface area contributed by atoms with Crippen LogP contribution in [0.15, 0.2) is 431 Å². The summed E-state index contributed by atoms with van der Waals surface area (Å²) in [5.41, 5.74) is 44.4. The predicted molar refractivity (Wildman–Crippen MR) is 501 cm³/mol. The van der Waals surface area contributed by atoms with E-state index in [2.05, 4.69) is 451 Å². The first-order valence-corrected chi connectivity index (χ1v) is 43.7. The van der Waals surface area contributed by atoms with Crippen LogP contribution in [0.3, 0.4) is 0 Å². The van der Waals surface area contributed by atoms with Gasteiger partial charge in [0, 0.05) is 21.7 Å². The van der Waals surface area contributed by atoms with Crippen molar-refractivity contribution in [1.29, 1.82) is 0 Å². The molecule has 0 N–H and O–H groups in total. The third-order valence-electron chi connectivity index (χ3n) is 28.8. The first kappa shape index (κ1) is 74.3. The van der Waals surface area contributed by atoms with Gasteiger partial charge in [0.15, 0.2) is 0 Å². The highest BCUT2D eigenvalue weighted by Crippen LogP contribution is 2.64. The van der Waals surface area contributed by atoms with Crippen LogP contribution in [0.5, 0.6) is 0 Å². The van der Waals surface area contributed by atoms with Gasteiger partial charge in [0.25, 0.3) is 0 Å². The normalized spacial score (nSPS) is 16.1. The monoisotopic (exact) mass is 1540 g/mol. The summed E-state index contributed by atoms with van der Waals surface area (Å²) < 4.78 is 0. The van der Waals surface area contributed by atoms with E-state index in [0.717, 1.165) is 0 Å². The predicted octanol–water partition coefficient (Wildman–Crippen LogP) is 30.5. The molecule has 0 saturated heterocycles. The Hall–Kier alpha value is -13.3. The first-order valence-electron chi connectivity index (χ1n) is 43.7. The minimum absolute atomic E-state index is 0.0472. The second-order valence-electron chi connectivity index (χ2n) is 34.9. The van der Waals surface area contributed by atoms with Crippen LogP contribution in [0.4, 0.5) is 0 Å². The van der Waals surface area contributed by atoms with Gasteiger partial charge < -0.3 is 0 Å². The highest BCUT2D eigenvalue weighted by Gasteiger charge is 2.53. The third-order valence-corrected chi connectivity index (χ3v) is 28.8. The van der Waals surface area contributed by atoms with Gasteiger partial charge in [-0.1, -0.05) is 477 Å². The van der Waals surface area contributed by atoms with Crippen LogP contribution in [0.2, 0.25) is 0 Å². The Morgan fingerprint density at radius 3 is 0.567 bits per heavy atom. The van der Waals surface area contributed by atoms with E-state index in [4.69, 9.17) is 0 Å². The van der Waals surface area contributed by atoms with Crippen molar-refractivity contribution in [3.63, 3.8) is 0 Å². The summed E-state index contributed by atoms with van der Waals surface area (Å²) in [6.07, 6.45) is 12.3. The van der Waals surface area contributed by atoms with Crippen molar-refractivity contribution < 1.29 is 0 Å². The summed E-state index contributed by atoms with van der Waals surface area (Å²) in [6.45, 7) is 6.95. The average molecular weight is 1540 g/mol. The van der Waals surface area contributed by atoms with Crippen LogP contribution in [0.25, 0.3) is 77.9 Å². The van der Waals surface area contributed by atoms with Crippen LogP contribution >= 0.6 is 0 Å². The Balaban J connectivity index is 0.0000000899. The lowest BCUT2D eigenvalue weighted by Gasteiger charge is -2.35. The van der Waals surface area contributed by atoms with E-state index in [1.807, 2.05) is 0 Å². The van der Waals surface area contributed by atoms with E-state index >= 15 is 0 Å². The van der Waals surface area contributed by atoms with Gasteiger partial charge in [-0.25, -0.2) is 0 Å². The molecular formula is C120H98. The standard InChI is InChI=1S/C25H16.C25H18.C20H16.C18H18.C17H16.C15H14/c1-5-13-21-17(9-1)18-10-2-6-14-22(18)25(21)23-15-7-3-11-19(23)20-12-4-8-16-24(20)25;1-3-11-19(12-4-1)25(20-13-5-2-6-14-20)23-17-9-7-15-21(23)22-16-8-10-18-24(22)25;1-20(15-9-3-2-4-10-15)18-13-7-5-11-16(18)17-12-6-8-14-19(17)20;1-6-12-18(13-7-1)16-10-4-2-8-14(16)15-9-3-5-11-17(15)18;1-3-9-15-13(7-1)14-8-2-4-10-16(14)17(15)11-5-6-12-17;1-15(2)13-9-5-3-7-11(13)12-8-4-6-10-14(12)15/h1-16H;1-18H;2-14H,1H3;2-5,8-11H,1,6-7,12-13H2;1-4,7-10H,5-6,11-12H2;3-10H,1-2H3. The fraction of sp³-hybridized carbons (Fsp3) is 0.150. The highest BCUT2D eigenvalue weighted by molar-refractivity contribution is 5.96. The minimum atomic E-state index is -0.254. The molecule has 17 aromatic rings. The zero-order valence-electron chi connectivity index (χ0n) is 68.9. The molecule has 26 rings (SSSR count). The molecular weight excluding hydrogens is 1440 g/mol. The molecule has 9 aliphatic carbocycles. The molecule has 0 heteroatoms. The van der Waals surface area contributed by atoms with E-state index in [1.165, 1.54) is 208 Å². The van der Waals surface area contributed by atoms with E-state index in [-0.39, 0.29) is 21.7 Å². The zero-order chi connectivity index (χ0) is 80.5. The number of benzene rings is 17. The quantitative estimate of drug-likeness (QED) is 0.165. The summed E-state index contributed by atoms with van der Waals surface area (Å²) >= 11 is 0. The number of fused-ring (bicyclic) bond motifs is 29. The van der Waals surface area contributed by atoms with Gasteiger partial charge in [-0.3, -0.25) is 0 Å². The van der Waals surface area contributed by atoms with Crippen LogP contribution in [0, 0.1) is 0 Å². The molecule has 2 saturated carbocycles. The summed E-state index contributed by atoms with van der Waals surface area (Å²) in [5.74, 6) is 0. The van der Waals surface area contributed by atoms with Crippen LogP contribution in [0.1, 0.15) is 173 Å². The second-order valence-corrected chi connectivity index (χ2v) is 34.9. The number of rotatable bonds is 3. The van der Waals surface area contributed by atoms with E-state index in [1.54, 1.807) is 22.3 Å². The Bertz CT molecular complexity index is 6110. The number of hydrogen-bond donors (Lipinski definition) is 0. The van der Waals surface area contributed by atoms with E-state index in [0.29, 0.717) is 10.8 Å². The smallest absolute Gasteiger partial charge is 0.0622 e. The van der Waals surface area contributed by atoms with Crippen molar-refractivity contribution >= 4 is 0 Å². The molecule has 0 aliphatic heterocycles. The summed E-state index contributed by atoms with van der Waals surface area (Å²) in [5, 5.41) is 0. The maximum Gasteiger partial charge on any atom is 0.0725 e. The van der Waals surface area contributed by atoms with E-state index < -0.39 is 0 Å². The molecule has 0 bridgehead atoms. The molecule has 0 amide bonds. The zero-order valence-corrected chi connectivity index (χ0v) is 68.9. The molecule has 0 aromatic heterocycles. The van der Waals surface area contributed by atoms with Crippen molar-refractivity contribution in [2.24, 2.45) is 0 Å². The Morgan fingerprint density at radius 1 is 0.142 bits per heavy atom. The largest absolute Gasteiger partial charge is 0.0725 e. The Kier molecular flexibility index (Phi) is 18.7. The van der Waals surface area contributed by atoms with Crippen LogP contribution in [-0.2, 0) is 32.5 Å². The van der Waals surface area contributed by atoms with Gasteiger partial charge >= 0.3 is 0 Å². The molecule has 9 aliphatic rings. The second kappa shape index (κ2) is 30.3. The lowest BCUT2D eigenvalue weighted by molar-refractivity contribution is 0.353. The van der Waals surface area contributed by atoms with Crippen molar-refractivity contribution in [1.82, 2.24) is 0 Å². The fourth-order valence-corrected chi connectivity index (χ4v) is 23.7. The van der Waals surface area contributed by atoms with Crippen molar-refractivity contribution in [3.8, 4) is 77.9 Å². The molecule has 17 aromatic carbocycles. The van der Waals surface area contributed by atoms with Gasteiger partial charge in [0.2, 0.25) is 0 Å². The maximum absolute atomic E-state index is 2.36. The SMILES string of the molecule is CC1(C)c2ccccc2-c2ccccc21.CC1(c2ccccc2)c2ccccc2-c2ccccc21.c1ccc(C2(c3ccccc3)c3ccccc3-c3ccccc32)cc1.c1ccc2c(c1)-c1ccccc1C21CCCC1.c1ccc2c(c1)-c1ccccc1C21CCCCC1.c1ccc2c(c1)-c1ccccc1C21c2ccccc2-c2ccccc21. The maximum atomic E-state index is 2.36. The molecule has 0 nitrogen and oxygen atoms in total. The molecule has 120 heavy (non-hydrogen) atoms. The lowest BCUT2D eigenvalue weighted by Crippen LogP contribution is -2.28. The average Bonchev–Trinajstić information content (AvgIpc) is 1.51. The van der Waals surface area contributed by atoms with Gasteiger partial charge in [-0.2, -0.15) is 0 Å². The molecule has 0 atom stereocenters. The number of hydrogen-bond acceptors (Lipinski definition) is 0. The molecule has 2 fully saturated rings. The van der Waals surface area contributed by atoms with Crippen molar-refractivity contribution in [2.45, 2.75) is 111 Å². The van der Waals surface area contributed by atoms with Crippen LogP contribution in [-0.4, -0.2) is 0 Å². The van der Waals surface area contributed by atoms with Gasteiger partial charge in [0.05, 0.1) is 10.8 Å². The molecule has 0 heterocycles.